The molecule has 3 aliphatic rings. The predicted octanol–water partition coefficient (Wildman–Crippen LogP) is 0.974. The largest absolute Gasteiger partial charge is 0.316 e. The molecular weight excluding hydrogens is 252 g/mol. The third-order valence-corrected chi connectivity index (χ3v) is 5.12. The molecule has 0 bridgehead atoms. The van der Waals surface area contributed by atoms with E-state index in [1.54, 1.807) is 0 Å². The van der Waals surface area contributed by atoms with E-state index in [1.165, 1.54) is 64.7 Å². The molecule has 1 spiro atoms. The Balaban J connectivity index is 1.44. The Labute approximate surface area is 119 Å². The van der Waals surface area contributed by atoms with E-state index < -0.39 is 0 Å². The van der Waals surface area contributed by atoms with Crippen LogP contribution in [0.1, 0.15) is 50.4 Å². The van der Waals surface area contributed by atoms with Crippen molar-refractivity contribution < 1.29 is 0 Å². The van der Waals surface area contributed by atoms with Crippen LogP contribution in [0.15, 0.2) is 0 Å². The van der Waals surface area contributed by atoms with Crippen LogP contribution in [-0.2, 0) is 6.54 Å². The summed E-state index contributed by atoms with van der Waals surface area (Å²) in [4.78, 5) is 2.57. The lowest BCUT2D eigenvalue weighted by Gasteiger charge is -2.45. The van der Waals surface area contributed by atoms with Crippen LogP contribution in [0, 0.1) is 5.41 Å². The van der Waals surface area contributed by atoms with Gasteiger partial charge in [-0.2, -0.15) is 0 Å². The summed E-state index contributed by atoms with van der Waals surface area (Å²) < 4.78 is 2.06. The van der Waals surface area contributed by atoms with Crippen molar-refractivity contribution >= 4 is 0 Å². The summed E-state index contributed by atoms with van der Waals surface area (Å²) in [6.07, 6.45) is 7.88. The Hall–Kier alpha value is -1.01. The fourth-order valence-electron chi connectivity index (χ4n) is 3.94. The average Bonchev–Trinajstić information content (AvgIpc) is 3.21. The summed E-state index contributed by atoms with van der Waals surface area (Å²) in [5, 5.41) is 15.9. The molecule has 1 unspecified atom stereocenters. The molecule has 6 nitrogen and oxygen atoms in total. The van der Waals surface area contributed by atoms with E-state index in [9.17, 15) is 0 Å². The van der Waals surface area contributed by atoms with Gasteiger partial charge in [-0.25, -0.2) is 4.68 Å². The van der Waals surface area contributed by atoms with Gasteiger partial charge in [0.1, 0.15) is 0 Å². The van der Waals surface area contributed by atoms with Crippen molar-refractivity contribution in [1.82, 2.24) is 30.4 Å². The SMILES string of the molecule is C1CNCC2(C1)CCCN(Cc1nnnn1C1CC1)C2. The molecule has 1 aromatic rings. The highest BCUT2D eigenvalue weighted by Gasteiger charge is 2.37. The number of rotatable bonds is 3. The number of tetrazole rings is 1. The van der Waals surface area contributed by atoms with Gasteiger partial charge in [-0.3, -0.25) is 4.90 Å². The summed E-state index contributed by atoms with van der Waals surface area (Å²) in [6.45, 7) is 5.71. The zero-order chi connectivity index (χ0) is 13.4. The molecule has 0 amide bonds. The smallest absolute Gasteiger partial charge is 0.165 e. The topological polar surface area (TPSA) is 58.9 Å². The number of hydrogen-bond acceptors (Lipinski definition) is 5. The fourth-order valence-corrected chi connectivity index (χ4v) is 3.94. The van der Waals surface area contributed by atoms with Gasteiger partial charge in [0.05, 0.1) is 12.6 Å². The summed E-state index contributed by atoms with van der Waals surface area (Å²) in [5.74, 6) is 1.06. The number of nitrogens with one attached hydrogen (secondary N) is 1. The lowest BCUT2D eigenvalue weighted by molar-refractivity contribution is 0.0576. The molecular formula is C14H24N6. The summed E-state index contributed by atoms with van der Waals surface area (Å²) in [5.41, 5.74) is 0.508. The summed E-state index contributed by atoms with van der Waals surface area (Å²) in [7, 11) is 0. The van der Waals surface area contributed by atoms with Crippen molar-refractivity contribution in [2.45, 2.75) is 51.1 Å². The van der Waals surface area contributed by atoms with Crippen molar-refractivity contribution in [2.24, 2.45) is 5.41 Å². The van der Waals surface area contributed by atoms with Gasteiger partial charge in [0.25, 0.3) is 0 Å². The van der Waals surface area contributed by atoms with Gasteiger partial charge in [0.2, 0.25) is 0 Å². The third kappa shape index (κ3) is 2.46. The van der Waals surface area contributed by atoms with Crippen molar-refractivity contribution in [2.75, 3.05) is 26.2 Å². The zero-order valence-corrected chi connectivity index (χ0v) is 12.1. The Morgan fingerprint density at radius 1 is 1.25 bits per heavy atom. The van der Waals surface area contributed by atoms with E-state index >= 15 is 0 Å². The number of piperidine rings is 2. The zero-order valence-electron chi connectivity index (χ0n) is 12.1. The van der Waals surface area contributed by atoms with E-state index in [1.807, 2.05) is 0 Å². The Morgan fingerprint density at radius 3 is 2.95 bits per heavy atom. The quantitative estimate of drug-likeness (QED) is 0.891. The minimum Gasteiger partial charge on any atom is -0.316 e. The highest BCUT2D eigenvalue weighted by atomic mass is 15.6. The van der Waals surface area contributed by atoms with Crippen LogP contribution in [0.5, 0.6) is 0 Å². The molecule has 0 radical (unpaired) electrons. The second kappa shape index (κ2) is 5.07. The van der Waals surface area contributed by atoms with E-state index in [-0.39, 0.29) is 0 Å². The molecule has 6 heteroatoms. The van der Waals surface area contributed by atoms with Gasteiger partial charge in [0.15, 0.2) is 5.82 Å². The summed E-state index contributed by atoms with van der Waals surface area (Å²) in [6, 6.07) is 0.579. The van der Waals surface area contributed by atoms with Crippen LogP contribution in [0.25, 0.3) is 0 Å². The minimum absolute atomic E-state index is 0.508. The van der Waals surface area contributed by atoms with Crippen LogP contribution >= 0.6 is 0 Å². The number of nitrogens with zero attached hydrogens (tertiary/aromatic N) is 5. The van der Waals surface area contributed by atoms with Crippen LogP contribution in [-0.4, -0.2) is 51.3 Å². The van der Waals surface area contributed by atoms with Crippen molar-refractivity contribution in [1.29, 1.82) is 0 Å². The first-order chi connectivity index (χ1) is 9.85. The maximum absolute atomic E-state index is 4.25. The van der Waals surface area contributed by atoms with E-state index in [0.717, 1.165) is 12.4 Å². The molecule has 1 aromatic heterocycles. The Morgan fingerprint density at radius 2 is 2.15 bits per heavy atom. The normalized spacial score (nSPS) is 31.8. The van der Waals surface area contributed by atoms with Gasteiger partial charge in [-0.15, -0.1) is 5.10 Å². The standard InChI is InChI=1S/C14H24N6/c1-5-14(10-15-7-1)6-2-8-19(11-14)9-13-16-17-18-20(13)12-3-4-12/h12,15H,1-11H2. The first kappa shape index (κ1) is 12.7. The van der Waals surface area contributed by atoms with Crippen molar-refractivity contribution in [3.05, 3.63) is 5.82 Å². The number of hydrogen-bond donors (Lipinski definition) is 1. The summed E-state index contributed by atoms with van der Waals surface area (Å²) >= 11 is 0. The van der Waals surface area contributed by atoms with Crippen LogP contribution in [0.4, 0.5) is 0 Å². The monoisotopic (exact) mass is 276 g/mol. The molecule has 3 heterocycles. The van der Waals surface area contributed by atoms with Crippen LogP contribution in [0.3, 0.4) is 0 Å². The molecule has 2 aliphatic heterocycles. The lowest BCUT2D eigenvalue weighted by Crippen LogP contribution is -2.50. The third-order valence-electron chi connectivity index (χ3n) is 5.12. The Kier molecular flexibility index (Phi) is 3.22. The van der Waals surface area contributed by atoms with Crippen molar-refractivity contribution in [3.63, 3.8) is 0 Å². The predicted molar refractivity (Wildman–Crippen MR) is 75.1 cm³/mol. The second-order valence-electron chi connectivity index (χ2n) is 6.87. The molecule has 1 N–H and O–H groups in total. The van der Waals surface area contributed by atoms with Gasteiger partial charge < -0.3 is 5.32 Å². The average molecular weight is 276 g/mol. The van der Waals surface area contributed by atoms with Gasteiger partial charge in [-0.05, 0) is 67.5 Å². The highest BCUT2D eigenvalue weighted by molar-refractivity contribution is 4.95. The molecule has 3 fully saturated rings. The highest BCUT2D eigenvalue weighted by Crippen LogP contribution is 2.37. The first-order valence-electron chi connectivity index (χ1n) is 8.05. The lowest BCUT2D eigenvalue weighted by atomic mass is 9.74. The maximum atomic E-state index is 4.25. The molecule has 1 aliphatic carbocycles. The second-order valence-corrected chi connectivity index (χ2v) is 6.87. The molecule has 1 atom stereocenters. The minimum atomic E-state index is 0.508. The van der Waals surface area contributed by atoms with Gasteiger partial charge >= 0.3 is 0 Å². The molecule has 20 heavy (non-hydrogen) atoms. The van der Waals surface area contributed by atoms with Gasteiger partial charge in [-0.1, -0.05) is 0 Å². The number of aromatic nitrogens is 4. The van der Waals surface area contributed by atoms with Gasteiger partial charge in [0, 0.05) is 13.1 Å². The maximum Gasteiger partial charge on any atom is 0.165 e. The first-order valence-corrected chi connectivity index (χ1v) is 8.05. The molecule has 110 valence electrons. The van der Waals surface area contributed by atoms with E-state index in [2.05, 4.69) is 30.4 Å². The van der Waals surface area contributed by atoms with E-state index in [4.69, 9.17) is 0 Å². The Bertz CT molecular complexity index is 454. The molecule has 4 rings (SSSR count). The van der Waals surface area contributed by atoms with E-state index in [0.29, 0.717) is 11.5 Å². The molecule has 0 aromatic carbocycles. The van der Waals surface area contributed by atoms with Crippen LogP contribution < -0.4 is 5.32 Å². The van der Waals surface area contributed by atoms with Crippen molar-refractivity contribution in [3.8, 4) is 0 Å². The van der Waals surface area contributed by atoms with Crippen LogP contribution in [0.2, 0.25) is 0 Å². The fraction of sp³-hybridized carbons (Fsp3) is 0.929. The molecule has 2 saturated heterocycles. The molecule has 1 saturated carbocycles. The number of likely N-dealkylation sites (tertiary alicyclic amines) is 1.